The van der Waals surface area contributed by atoms with Crippen molar-refractivity contribution in [3.8, 4) is 11.8 Å². The van der Waals surface area contributed by atoms with Crippen molar-refractivity contribution in [1.29, 1.82) is 0 Å². The third-order valence-electron chi connectivity index (χ3n) is 3.01. The largest absolute Gasteiger partial charge is 0.326 e. The molecule has 1 amide bonds. The fraction of sp³-hybridized carbons (Fsp3) is 0.357. The van der Waals surface area contributed by atoms with Gasteiger partial charge in [0.15, 0.2) is 0 Å². The molecule has 94 valence electrons. The summed E-state index contributed by atoms with van der Waals surface area (Å²) < 4.78 is 13.4. The first-order valence-corrected chi connectivity index (χ1v) is 5.91. The highest BCUT2D eigenvalue weighted by atomic mass is 19.1. The normalized spacial score (nSPS) is 20.8. The Hall–Kier alpha value is -1.86. The van der Waals surface area contributed by atoms with Crippen LogP contribution in [0.1, 0.15) is 18.9 Å². The van der Waals surface area contributed by atoms with Gasteiger partial charge in [-0.05, 0) is 30.5 Å². The van der Waals surface area contributed by atoms with Gasteiger partial charge in [-0.1, -0.05) is 18.8 Å². The van der Waals surface area contributed by atoms with Crippen LogP contribution in [0.4, 0.5) is 10.1 Å². The monoisotopic (exact) mass is 246 g/mol. The molecule has 0 spiro atoms. The molecule has 3 N–H and O–H groups in total. The van der Waals surface area contributed by atoms with E-state index in [9.17, 15) is 9.18 Å². The van der Waals surface area contributed by atoms with Crippen LogP contribution in [-0.2, 0) is 4.79 Å². The number of hydrogen-bond donors (Lipinski definition) is 2. The maximum absolute atomic E-state index is 13.4. The number of anilines is 1. The molecule has 0 aromatic heterocycles. The number of carbonyl (C=O) groups is 1. The second kappa shape index (κ2) is 5.19. The topological polar surface area (TPSA) is 55.1 Å². The molecule has 1 aromatic rings. The third kappa shape index (κ3) is 2.88. The Morgan fingerprint density at radius 3 is 2.94 bits per heavy atom. The van der Waals surface area contributed by atoms with Crippen molar-refractivity contribution in [3.63, 3.8) is 0 Å². The van der Waals surface area contributed by atoms with Gasteiger partial charge in [0, 0.05) is 11.6 Å². The van der Waals surface area contributed by atoms with Crippen molar-refractivity contribution in [2.45, 2.75) is 13.3 Å². The lowest BCUT2D eigenvalue weighted by Crippen LogP contribution is -2.14. The zero-order valence-corrected chi connectivity index (χ0v) is 10.2. The van der Waals surface area contributed by atoms with Crippen LogP contribution in [0.3, 0.4) is 0 Å². The predicted octanol–water partition coefficient (Wildman–Crippen LogP) is 1.73. The summed E-state index contributed by atoms with van der Waals surface area (Å²) in [5, 5.41) is 2.77. The molecule has 0 heterocycles. The number of amides is 1. The fourth-order valence-corrected chi connectivity index (χ4v) is 1.77. The molecule has 18 heavy (non-hydrogen) atoms. The smallest absolute Gasteiger partial charge is 0.227 e. The summed E-state index contributed by atoms with van der Waals surface area (Å²) in [5.74, 6) is 5.35. The first-order chi connectivity index (χ1) is 8.61. The Balaban J connectivity index is 2.11. The number of halogens is 1. The fourth-order valence-electron chi connectivity index (χ4n) is 1.77. The Morgan fingerprint density at radius 1 is 1.61 bits per heavy atom. The summed E-state index contributed by atoms with van der Waals surface area (Å²) >= 11 is 0. The van der Waals surface area contributed by atoms with Crippen LogP contribution >= 0.6 is 0 Å². The molecule has 2 rings (SSSR count). The zero-order chi connectivity index (χ0) is 13.1. The van der Waals surface area contributed by atoms with Gasteiger partial charge in [-0.15, -0.1) is 0 Å². The highest BCUT2D eigenvalue weighted by Crippen LogP contribution is 2.38. The molecule has 2 atom stereocenters. The molecule has 1 fully saturated rings. The second-order valence-corrected chi connectivity index (χ2v) is 4.51. The highest BCUT2D eigenvalue weighted by Gasteiger charge is 2.39. The van der Waals surface area contributed by atoms with E-state index in [4.69, 9.17) is 5.73 Å². The Labute approximate surface area is 106 Å². The molecule has 1 aliphatic carbocycles. The second-order valence-electron chi connectivity index (χ2n) is 4.51. The Bertz CT molecular complexity index is 530. The zero-order valence-electron chi connectivity index (χ0n) is 10.2. The Morgan fingerprint density at radius 2 is 2.33 bits per heavy atom. The van der Waals surface area contributed by atoms with Crippen molar-refractivity contribution in [2.24, 2.45) is 17.6 Å². The lowest BCUT2D eigenvalue weighted by atomic mass is 10.2. The minimum absolute atomic E-state index is 0.00755. The summed E-state index contributed by atoms with van der Waals surface area (Å²) in [7, 11) is 0. The SMILES string of the molecule is CC1CC1C(=O)Nc1ccc(F)c(C#CCN)c1. The summed E-state index contributed by atoms with van der Waals surface area (Å²) in [5.41, 5.74) is 6.07. The number of nitrogens with two attached hydrogens (primary N) is 1. The van der Waals surface area contributed by atoms with Crippen molar-refractivity contribution < 1.29 is 9.18 Å². The average Bonchev–Trinajstić information content (AvgIpc) is 3.07. The highest BCUT2D eigenvalue weighted by molar-refractivity contribution is 5.94. The van der Waals surface area contributed by atoms with Crippen molar-refractivity contribution in [1.82, 2.24) is 0 Å². The Kier molecular flexibility index (Phi) is 3.63. The van der Waals surface area contributed by atoms with E-state index >= 15 is 0 Å². The van der Waals surface area contributed by atoms with Gasteiger partial charge in [0.05, 0.1) is 12.1 Å². The van der Waals surface area contributed by atoms with Crippen LogP contribution in [0, 0.1) is 29.5 Å². The molecule has 0 saturated heterocycles. The number of nitrogens with one attached hydrogen (secondary N) is 1. The molecule has 2 unspecified atom stereocenters. The van der Waals surface area contributed by atoms with Crippen molar-refractivity contribution in [3.05, 3.63) is 29.6 Å². The van der Waals surface area contributed by atoms with Crippen LogP contribution in [0.25, 0.3) is 0 Å². The lowest BCUT2D eigenvalue weighted by molar-refractivity contribution is -0.117. The van der Waals surface area contributed by atoms with Crippen LogP contribution in [0.15, 0.2) is 18.2 Å². The van der Waals surface area contributed by atoms with E-state index < -0.39 is 5.82 Å². The lowest BCUT2D eigenvalue weighted by Gasteiger charge is -2.05. The van der Waals surface area contributed by atoms with Gasteiger partial charge in [-0.25, -0.2) is 4.39 Å². The van der Waals surface area contributed by atoms with E-state index in [0.717, 1.165) is 6.42 Å². The van der Waals surface area contributed by atoms with Crippen molar-refractivity contribution in [2.75, 3.05) is 11.9 Å². The number of benzene rings is 1. The predicted molar refractivity (Wildman–Crippen MR) is 68.2 cm³/mol. The van der Waals surface area contributed by atoms with Crippen LogP contribution in [-0.4, -0.2) is 12.5 Å². The van der Waals surface area contributed by atoms with E-state index in [1.165, 1.54) is 18.2 Å². The van der Waals surface area contributed by atoms with Gasteiger partial charge in [0.25, 0.3) is 0 Å². The third-order valence-corrected chi connectivity index (χ3v) is 3.01. The number of carbonyl (C=O) groups excluding carboxylic acids is 1. The summed E-state index contributed by atoms with van der Waals surface area (Å²) in [6, 6.07) is 4.36. The maximum atomic E-state index is 13.4. The molecule has 0 aliphatic heterocycles. The number of rotatable bonds is 2. The van der Waals surface area contributed by atoms with E-state index in [0.29, 0.717) is 11.6 Å². The molecule has 3 nitrogen and oxygen atoms in total. The molecule has 0 bridgehead atoms. The van der Waals surface area contributed by atoms with Crippen molar-refractivity contribution >= 4 is 11.6 Å². The van der Waals surface area contributed by atoms with Crippen LogP contribution < -0.4 is 11.1 Å². The van der Waals surface area contributed by atoms with E-state index in [-0.39, 0.29) is 23.9 Å². The molecule has 1 saturated carbocycles. The standard InChI is InChI=1S/C14H15FN2O/c1-9-7-12(9)14(18)17-11-4-5-13(15)10(8-11)3-2-6-16/h4-5,8-9,12H,6-7,16H2,1H3,(H,17,18). The quantitative estimate of drug-likeness (QED) is 0.781. The van der Waals surface area contributed by atoms with E-state index in [1.807, 2.05) is 6.92 Å². The molecule has 1 aliphatic rings. The van der Waals surface area contributed by atoms with Crippen LogP contribution in [0.2, 0.25) is 0 Å². The molecule has 0 radical (unpaired) electrons. The maximum Gasteiger partial charge on any atom is 0.227 e. The molecular formula is C14H15FN2O. The molecular weight excluding hydrogens is 231 g/mol. The van der Waals surface area contributed by atoms with Gasteiger partial charge < -0.3 is 11.1 Å². The molecule has 1 aromatic carbocycles. The van der Waals surface area contributed by atoms with Gasteiger partial charge in [0.1, 0.15) is 5.82 Å². The van der Waals surface area contributed by atoms with E-state index in [2.05, 4.69) is 17.2 Å². The minimum atomic E-state index is -0.409. The van der Waals surface area contributed by atoms with Gasteiger partial charge in [-0.2, -0.15) is 0 Å². The van der Waals surface area contributed by atoms with Gasteiger partial charge in [0.2, 0.25) is 5.91 Å². The summed E-state index contributed by atoms with van der Waals surface area (Å²) in [6.07, 6.45) is 0.923. The van der Waals surface area contributed by atoms with Crippen LogP contribution in [0.5, 0.6) is 0 Å². The van der Waals surface area contributed by atoms with Gasteiger partial charge >= 0.3 is 0 Å². The number of hydrogen-bond acceptors (Lipinski definition) is 2. The van der Waals surface area contributed by atoms with E-state index in [1.54, 1.807) is 0 Å². The summed E-state index contributed by atoms with van der Waals surface area (Å²) in [6.45, 7) is 2.21. The van der Waals surface area contributed by atoms with Gasteiger partial charge in [-0.3, -0.25) is 4.79 Å². The minimum Gasteiger partial charge on any atom is -0.326 e. The summed E-state index contributed by atoms with van der Waals surface area (Å²) in [4.78, 5) is 11.7. The molecule has 4 heteroatoms. The average molecular weight is 246 g/mol. The first kappa shape index (κ1) is 12.6. The first-order valence-electron chi connectivity index (χ1n) is 5.91.